The molecule has 2 aliphatic heterocycles. The molecule has 144 valence electrons. The van der Waals surface area contributed by atoms with Crippen LogP contribution >= 0.6 is 0 Å². The van der Waals surface area contributed by atoms with Crippen molar-refractivity contribution in [3.05, 3.63) is 29.6 Å². The molecule has 0 saturated carbocycles. The maximum atomic E-state index is 12.6. The summed E-state index contributed by atoms with van der Waals surface area (Å²) in [4.78, 5) is 26.8. The second-order valence-corrected chi connectivity index (χ2v) is 7.55. The van der Waals surface area contributed by atoms with Crippen LogP contribution in [0.2, 0.25) is 0 Å². The number of rotatable bonds is 3. The molecule has 1 fully saturated rings. The Morgan fingerprint density at radius 3 is 2.67 bits per heavy atom. The fraction of sp³-hybridized carbons (Fsp3) is 0.611. The molecule has 1 N–H and O–H groups in total. The Kier molecular flexibility index (Phi) is 4.45. The Morgan fingerprint density at radius 1 is 1.22 bits per heavy atom. The predicted octanol–water partition coefficient (Wildman–Crippen LogP) is 0.630. The first-order chi connectivity index (χ1) is 13.0. The predicted molar refractivity (Wildman–Crippen MR) is 97.1 cm³/mol. The van der Waals surface area contributed by atoms with E-state index in [1.165, 1.54) is 0 Å². The lowest BCUT2D eigenvalue weighted by Gasteiger charge is -2.44. The quantitative estimate of drug-likeness (QED) is 0.853. The average Bonchev–Trinajstić information content (AvgIpc) is 3.28. The summed E-state index contributed by atoms with van der Waals surface area (Å²) in [7, 11) is 1.81. The highest BCUT2D eigenvalue weighted by molar-refractivity contribution is 5.92. The normalized spacial score (nSPS) is 18.4. The van der Waals surface area contributed by atoms with Crippen molar-refractivity contribution in [2.45, 2.75) is 39.2 Å². The number of carbonyl (C=O) groups is 2. The highest BCUT2D eigenvalue weighted by Crippen LogP contribution is 2.41. The zero-order valence-electron chi connectivity index (χ0n) is 15.8. The fourth-order valence-electron chi connectivity index (χ4n) is 4.17. The first-order valence-corrected chi connectivity index (χ1v) is 9.50. The van der Waals surface area contributed by atoms with E-state index in [9.17, 15) is 9.59 Å². The van der Waals surface area contributed by atoms with Crippen molar-refractivity contribution < 1.29 is 9.59 Å². The van der Waals surface area contributed by atoms with Crippen molar-refractivity contribution in [2.24, 2.45) is 12.5 Å². The summed E-state index contributed by atoms with van der Waals surface area (Å²) in [6.07, 6.45) is 5.46. The van der Waals surface area contributed by atoms with Crippen LogP contribution in [0.15, 0.2) is 12.3 Å². The number of carbonyl (C=O) groups excluding carboxylic acids is 2. The van der Waals surface area contributed by atoms with Crippen LogP contribution in [0.3, 0.4) is 0 Å². The third-order valence-corrected chi connectivity index (χ3v) is 5.78. The van der Waals surface area contributed by atoms with Gasteiger partial charge in [0.25, 0.3) is 11.8 Å². The second kappa shape index (κ2) is 6.79. The number of hydrogen-bond donors (Lipinski definition) is 1. The van der Waals surface area contributed by atoms with Gasteiger partial charge in [0, 0.05) is 45.8 Å². The van der Waals surface area contributed by atoms with E-state index in [-0.39, 0.29) is 17.2 Å². The molecule has 0 radical (unpaired) electrons. The molecule has 2 amide bonds. The summed E-state index contributed by atoms with van der Waals surface area (Å²) >= 11 is 0. The van der Waals surface area contributed by atoms with Crippen molar-refractivity contribution in [3.8, 4) is 0 Å². The molecule has 9 heteroatoms. The molecule has 1 saturated heterocycles. The van der Waals surface area contributed by atoms with Gasteiger partial charge in [-0.1, -0.05) is 0 Å². The number of fused-ring (bicyclic) bond motifs is 1. The molecule has 27 heavy (non-hydrogen) atoms. The van der Waals surface area contributed by atoms with Crippen LogP contribution < -0.4 is 5.32 Å². The van der Waals surface area contributed by atoms with Crippen molar-refractivity contribution in [3.63, 3.8) is 0 Å². The van der Waals surface area contributed by atoms with Gasteiger partial charge in [-0.05, 0) is 37.7 Å². The SMILES string of the molecule is CCNC(=O)c1nnc2n1CC1(CC2)CCN(C(=O)c2ccn(C)n2)CC1. The van der Waals surface area contributed by atoms with Crippen LogP contribution in [-0.4, -0.2) is 60.9 Å². The minimum Gasteiger partial charge on any atom is -0.350 e. The molecule has 0 unspecified atom stereocenters. The van der Waals surface area contributed by atoms with Crippen LogP contribution in [0.25, 0.3) is 0 Å². The van der Waals surface area contributed by atoms with E-state index in [2.05, 4.69) is 20.6 Å². The van der Waals surface area contributed by atoms with Gasteiger partial charge >= 0.3 is 0 Å². The van der Waals surface area contributed by atoms with Gasteiger partial charge in [0.1, 0.15) is 11.5 Å². The summed E-state index contributed by atoms with van der Waals surface area (Å²) in [5.41, 5.74) is 0.592. The summed E-state index contributed by atoms with van der Waals surface area (Å²) in [5, 5.41) is 15.3. The third kappa shape index (κ3) is 3.22. The molecule has 2 aliphatic rings. The lowest BCUT2D eigenvalue weighted by molar-refractivity contribution is 0.0460. The zero-order valence-corrected chi connectivity index (χ0v) is 15.8. The van der Waals surface area contributed by atoms with Crippen LogP contribution in [0.1, 0.15) is 53.1 Å². The van der Waals surface area contributed by atoms with E-state index in [0.717, 1.165) is 38.1 Å². The molecule has 0 aliphatic carbocycles. The van der Waals surface area contributed by atoms with Crippen LogP contribution in [-0.2, 0) is 20.0 Å². The molecule has 4 heterocycles. The molecule has 1 spiro atoms. The van der Waals surface area contributed by atoms with Gasteiger partial charge in [0.05, 0.1) is 0 Å². The molecular weight excluding hydrogens is 346 g/mol. The fourth-order valence-corrected chi connectivity index (χ4v) is 4.17. The number of hydrogen-bond acceptors (Lipinski definition) is 5. The number of likely N-dealkylation sites (tertiary alicyclic amines) is 1. The number of aromatic nitrogens is 5. The van der Waals surface area contributed by atoms with Crippen LogP contribution in [0, 0.1) is 5.41 Å². The average molecular weight is 371 g/mol. The van der Waals surface area contributed by atoms with Crippen LogP contribution in [0.4, 0.5) is 0 Å². The number of nitrogens with zero attached hydrogens (tertiary/aromatic N) is 6. The van der Waals surface area contributed by atoms with E-state index in [1.807, 2.05) is 23.4 Å². The Labute approximate surface area is 157 Å². The maximum absolute atomic E-state index is 12.6. The minimum absolute atomic E-state index is 0.00532. The Bertz CT molecular complexity index is 861. The van der Waals surface area contributed by atoms with Crippen molar-refractivity contribution in [2.75, 3.05) is 19.6 Å². The standard InChI is InChI=1S/C18H25N7O2/c1-3-19-16(26)15-21-20-14-4-6-18(12-25(14)15)7-10-24(11-8-18)17(27)13-5-9-23(2)22-13/h5,9H,3-4,6-8,10-12H2,1-2H3,(H,19,26). The van der Waals surface area contributed by atoms with E-state index in [4.69, 9.17) is 0 Å². The molecule has 0 atom stereocenters. The number of piperidine rings is 1. The summed E-state index contributed by atoms with van der Waals surface area (Å²) < 4.78 is 3.63. The van der Waals surface area contributed by atoms with E-state index in [1.54, 1.807) is 16.9 Å². The monoisotopic (exact) mass is 371 g/mol. The molecule has 0 bridgehead atoms. The van der Waals surface area contributed by atoms with E-state index in [0.29, 0.717) is 31.2 Å². The van der Waals surface area contributed by atoms with Crippen molar-refractivity contribution in [1.82, 2.24) is 34.8 Å². The molecule has 9 nitrogen and oxygen atoms in total. The van der Waals surface area contributed by atoms with Gasteiger partial charge in [-0.3, -0.25) is 14.3 Å². The summed E-state index contributed by atoms with van der Waals surface area (Å²) in [6.45, 7) is 4.62. The van der Waals surface area contributed by atoms with E-state index < -0.39 is 0 Å². The number of nitrogens with one attached hydrogen (secondary N) is 1. The van der Waals surface area contributed by atoms with E-state index >= 15 is 0 Å². The van der Waals surface area contributed by atoms with Gasteiger partial charge in [-0.15, -0.1) is 10.2 Å². The van der Waals surface area contributed by atoms with Gasteiger partial charge in [-0.25, -0.2) is 0 Å². The third-order valence-electron chi connectivity index (χ3n) is 5.78. The Balaban J connectivity index is 1.46. The highest BCUT2D eigenvalue weighted by atomic mass is 16.2. The summed E-state index contributed by atoms with van der Waals surface area (Å²) in [6, 6.07) is 1.76. The number of aryl methyl sites for hydroxylation is 2. The topological polar surface area (TPSA) is 97.9 Å². The minimum atomic E-state index is -0.170. The van der Waals surface area contributed by atoms with Crippen molar-refractivity contribution in [1.29, 1.82) is 0 Å². The smallest absolute Gasteiger partial charge is 0.289 e. The highest BCUT2D eigenvalue weighted by Gasteiger charge is 2.41. The molecule has 0 aromatic carbocycles. The molecular formula is C18H25N7O2. The van der Waals surface area contributed by atoms with Crippen LogP contribution in [0.5, 0.6) is 0 Å². The second-order valence-electron chi connectivity index (χ2n) is 7.55. The van der Waals surface area contributed by atoms with Gasteiger partial charge in [-0.2, -0.15) is 5.10 Å². The zero-order chi connectivity index (χ0) is 19.0. The maximum Gasteiger partial charge on any atom is 0.289 e. The summed E-state index contributed by atoms with van der Waals surface area (Å²) in [5.74, 6) is 1.11. The van der Waals surface area contributed by atoms with Gasteiger partial charge in [0.15, 0.2) is 0 Å². The van der Waals surface area contributed by atoms with Crippen molar-refractivity contribution >= 4 is 11.8 Å². The molecule has 2 aromatic heterocycles. The molecule has 4 rings (SSSR count). The first kappa shape index (κ1) is 17.7. The Morgan fingerprint density at radius 2 is 2.00 bits per heavy atom. The molecule has 2 aromatic rings. The number of amides is 2. The lowest BCUT2D eigenvalue weighted by Crippen LogP contribution is -2.47. The Hall–Kier alpha value is -2.71. The first-order valence-electron chi connectivity index (χ1n) is 9.50. The lowest BCUT2D eigenvalue weighted by atomic mass is 9.73. The van der Waals surface area contributed by atoms with Gasteiger partial charge in [0.2, 0.25) is 5.82 Å². The largest absolute Gasteiger partial charge is 0.350 e. The van der Waals surface area contributed by atoms with Gasteiger partial charge < -0.3 is 14.8 Å².